The highest BCUT2D eigenvalue weighted by Gasteiger charge is 2.27. The number of hydrogen-bond donors (Lipinski definition) is 1. The number of hydrogen-bond acceptors (Lipinski definition) is 4. The smallest absolute Gasteiger partial charge is 0.179 e. The topological polar surface area (TPSA) is 79.2 Å². The van der Waals surface area contributed by atoms with Crippen molar-refractivity contribution < 1.29 is 8.76 Å². The van der Waals surface area contributed by atoms with Gasteiger partial charge in [0, 0.05) is 13.1 Å². The lowest BCUT2D eigenvalue weighted by Gasteiger charge is -2.29. The molecule has 0 bridgehead atoms. The van der Waals surface area contributed by atoms with E-state index in [4.69, 9.17) is 5.26 Å². The Morgan fingerprint density at radius 1 is 1.47 bits per heavy atom. The molecule has 1 fully saturated rings. The summed E-state index contributed by atoms with van der Waals surface area (Å²) in [5, 5.41) is 8.76. The molecular formula is C13H17N3O2S. The maximum absolute atomic E-state index is 12.2. The molecular weight excluding hydrogens is 262 g/mol. The van der Waals surface area contributed by atoms with Crippen LogP contribution in [0.25, 0.3) is 0 Å². The second kappa shape index (κ2) is 5.70. The second-order valence-corrected chi connectivity index (χ2v) is 6.51. The van der Waals surface area contributed by atoms with Crippen LogP contribution < -0.4 is 4.72 Å². The van der Waals surface area contributed by atoms with Gasteiger partial charge in [0.05, 0.1) is 6.04 Å². The van der Waals surface area contributed by atoms with E-state index in [1.165, 1.54) is 0 Å². The van der Waals surface area contributed by atoms with Crippen LogP contribution in [0, 0.1) is 18.4 Å². The van der Waals surface area contributed by atoms with Gasteiger partial charge in [-0.1, -0.05) is 16.3 Å². The van der Waals surface area contributed by atoms with Crippen LogP contribution in [-0.2, 0) is 14.6 Å². The molecule has 1 aliphatic heterocycles. The molecule has 0 saturated carbocycles. The van der Waals surface area contributed by atoms with Gasteiger partial charge in [0.25, 0.3) is 0 Å². The number of rotatable bonds is 3. The molecule has 6 heteroatoms. The van der Waals surface area contributed by atoms with Crippen molar-refractivity contribution in [3.05, 3.63) is 29.8 Å². The zero-order valence-electron chi connectivity index (χ0n) is 10.8. The zero-order valence-corrected chi connectivity index (χ0v) is 11.7. The third-order valence-electron chi connectivity index (χ3n) is 3.26. The number of nitrogens with one attached hydrogen (secondary N) is 1. The third-order valence-corrected chi connectivity index (χ3v) is 4.78. The summed E-state index contributed by atoms with van der Waals surface area (Å²) in [6, 6.07) is 6.77. The maximum atomic E-state index is 12.2. The highest BCUT2D eigenvalue weighted by atomic mass is 32.3. The van der Waals surface area contributed by atoms with E-state index in [9.17, 15) is 8.76 Å². The summed E-state index contributed by atoms with van der Waals surface area (Å²) in [5.41, 5.74) is 0.919. The van der Waals surface area contributed by atoms with Crippen molar-refractivity contribution in [3.63, 3.8) is 0 Å². The van der Waals surface area contributed by atoms with E-state index in [2.05, 4.69) is 10.9 Å². The number of nitrogens with zero attached hydrogens (tertiary/aromatic N) is 2. The molecule has 2 rings (SSSR count). The average molecular weight is 279 g/mol. The van der Waals surface area contributed by atoms with Gasteiger partial charge in [-0.3, -0.25) is 0 Å². The van der Waals surface area contributed by atoms with Gasteiger partial charge in [-0.05, 0) is 37.5 Å². The normalized spacial score (nSPS) is 19.7. The monoisotopic (exact) mass is 279 g/mol. The van der Waals surface area contributed by atoms with E-state index in [1.54, 1.807) is 23.1 Å². The maximum Gasteiger partial charge on any atom is 0.179 e. The van der Waals surface area contributed by atoms with Crippen molar-refractivity contribution in [1.29, 1.82) is 5.26 Å². The molecule has 1 N–H and O–H groups in total. The zero-order chi connectivity index (χ0) is 13.9. The van der Waals surface area contributed by atoms with Crippen molar-refractivity contribution >= 4 is 10.4 Å². The van der Waals surface area contributed by atoms with Crippen molar-refractivity contribution in [2.75, 3.05) is 13.1 Å². The number of sulfonamides is 1. The fourth-order valence-electron chi connectivity index (χ4n) is 2.17. The molecule has 1 aromatic rings. The summed E-state index contributed by atoms with van der Waals surface area (Å²) in [5.74, 6) is 0. The van der Waals surface area contributed by atoms with Crippen molar-refractivity contribution in [2.24, 2.45) is 0 Å². The fraction of sp³-hybridized carbons (Fsp3) is 0.462. The van der Waals surface area contributed by atoms with Crippen molar-refractivity contribution in [2.45, 2.75) is 30.7 Å². The van der Waals surface area contributed by atoms with Crippen LogP contribution >= 0.6 is 0 Å². The van der Waals surface area contributed by atoms with Crippen molar-refractivity contribution in [3.8, 4) is 6.19 Å². The molecule has 0 aromatic heterocycles. The summed E-state index contributed by atoms with van der Waals surface area (Å²) < 4.78 is 27.1. The van der Waals surface area contributed by atoms with Crippen LogP contribution in [0.15, 0.2) is 29.2 Å². The molecule has 0 radical (unpaired) electrons. The summed E-state index contributed by atoms with van der Waals surface area (Å²) >= 11 is 0. The lowest BCUT2D eigenvalue weighted by Crippen LogP contribution is -2.45. The summed E-state index contributed by atoms with van der Waals surface area (Å²) in [4.78, 5) is 1.95. The number of nitriles is 1. The number of aryl methyl sites for hydroxylation is 1. The Bertz CT molecular complexity index is 533. The summed E-state index contributed by atoms with van der Waals surface area (Å²) in [6.45, 7) is 3.08. The summed E-state index contributed by atoms with van der Waals surface area (Å²) in [7, 11) is -3.46. The standard InChI is InChI=1S/C13H17N3O2S/c1-11-3-2-4-13(9-11)19(17,18)15-12-5-7-16(10-14)8-6-12/h2-4,9,12H,5-8H2,1H3,(H-,15,17,18). The minimum absolute atomic E-state index is 0.0879. The molecule has 0 aliphatic carbocycles. The van der Waals surface area contributed by atoms with Crippen LogP contribution in [0.2, 0.25) is 0 Å². The first-order valence-electron chi connectivity index (χ1n) is 6.25. The van der Waals surface area contributed by atoms with Gasteiger partial charge in [0.15, 0.2) is 21.5 Å². The number of likely N-dealkylation sites (tertiary alicyclic amines) is 1. The Hall–Kier alpha value is -1.42. The first kappa shape index (κ1) is 14.0. The molecule has 0 amide bonds. The lowest BCUT2D eigenvalue weighted by molar-refractivity contribution is 0.282. The molecule has 1 atom stereocenters. The van der Waals surface area contributed by atoms with Gasteiger partial charge >= 0.3 is 0 Å². The highest BCUT2D eigenvalue weighted by Crippen LogP contribution is 2.19. The second-order valence-electron chi connectivity index (χ2n) is 4.80. The minimum atomic E-state index is -3.46. The molecule has 0 spiro atoms. The molecule has 19 heavy (non-hydrogen) atoms. The van der Waals surface area contributed by atoms with E-state index in [0.29, 0.717) is 30.8 Å². The van der Waals surface area contributed by atoms with Gasteiger partial charge in [-0.2, -0.15) is 5.26 Å². The van der Waals surface area contributed by atoms with Gasteiger partial charge in [-0.25, -0.2) is 0 Å². The Kier molecular flexibility index (Phi) is 4.20. The molecule has 5 nitrogen and oxygen atoms in total. The predicted octanol–water partition coefficient (Wildman–Crippen LogP) is 1.43. The highest BCUT2D eigenvalue weighted by molar-refractivity contribution is 7.95. The van der Waals surface area contributed by atoms with Crippen LogP contribution in [0.5, 0.6) is 0 Å². The van der Waals surface area contributed by atoms with Crippen LogP contribution in [0.3, 0.4) is 0 Å². The predicted molar refractivity (Wildman–Crippen MR) is 71.6 cm³/mol. The van der Waals surface area contributed by atoms with E-state index in [0.717, 1.165) is 5.56 Å². The average Bonchev–Trinajstić information content (AvgIpc) is 2.39. The van der Waals surface area contributed by atoms with E-state index in [-0.39, 0.29) is 6.04 Å². The number of benzene rings is 1. The van der Waals surface area contributed by atoms with Gasteiger partial charge in [0.2, 0.25) is 0 Å². The van der Waals surface area contributed by atoms with Crippen LogP contribution in [-0.4, -0.2) is 28.6 Å². The van der Waals surface area contributed by atoms with E-state index in [1.807, 2.05) is 13.0 Å². The Morgan fingerprint density at radius 2 is 2.16 bits per heavy atom. The quantitative estimate of drug-likeness (QED) is 0.670. The fourth-order valence-corrected chi connectivity index (χ4v) is 3.58. The summed E-state index contributed by atoms with van der Waals surface area (Å²) in [6.07, 6.45) is 3.41. The Labute approximate surface area is 114 Å². The van der Waals surface area contributed by atoms with Crippen LogP contribution in [0.4, 0.5) is 0 Å². The molecule has 102 valence electrons. The third kappa shape index (κ3) is 3.53. The Balaban J connectivity index is 2.02. The van der Waals surface area contributed by atoms with Crippen molar-refractivity contribution in [1.82, 2.24) is 9.62 Å². The molecule has 1 saturated heterocycles. The van der Waals surface area contributed by atoms with Crippen LogP contribution in [0.1, 0.15) is 18.4 Å². The van der Waals surface area contributed by atoms with Gasteiger partial charge in [0.1, 0.15) is 0 Å². The first-order valence-corrected chi connectivity index (χ1v) is 7.73. The van der Waals surface area contributed by atoms with E-state index >= 15 is 0 Å². The lowest BCUT2D eigenvalue weighted by atomic mass is 10.1. The molecule has 1 heterocycles. The molecule has 1 unspecified atom stereocenters. The Morgan fingerprint density at radius 3 is 2.74 bits per heavy atom. The molecule has 1 aromatic carbocycles. The molecule has 1 aliphatic rings. The van der Waals surface area contributed by atoms with Gasteiger partial charge < -0.3 is 9.45 Å². The SMILES string of the molecule is Cc1cccc([S+](=O)([O-])NC2CCN(C#N)CC2)c1. The van der Waals surface area contributed by atoms with Gasteiger partial charge in [-0.15, -0.1) is 4.72 Å². The first-order chi connectivity index (χ1) is 9.01. The number of piperidine rings is 1. The largest absolute Gasteiger partial charge is 0.593 e. The minimum Gasteiger partial charge on any atom is -0.593 e. The van der Waals surface area contributed by atoms with E-state index < -0.39 is 10.4 Å².